The lowest BCUT2D eigenvalue weighted by atomic mass is 9.97. The third kappa shape index (κ3) is 4.94. The smallest absolute Gasteiger partial charge is 0.416 e. The van der Waals surface area contributed by atoms with E-state index in [4.69, 9.17) is 14.2 Å². The van der Waals surface area contributed by atoms with Crippen molar-refractivity contribution in [3.8, 4) is 0 Å². The molecule has 3 aromatic rings. The second-order valence-electron chi connectivity index (χ2n) is 11.5. The lowest BCUT2D eigenvalue weighted by Crippen LogP contribution is -2.39. The van der Waals surface area contributed by atoms with Gasteiger partial charge in [-0.25, -0.2) is 18.8 Å². The molecule has 0 saturated carbocycles. The fraction of sp³-hybridized carbons (Fsp3) is 0.400. The molecular weight excluding hydrogens is 607 g/mol. The van der Waals surface area contributed by atoms with Crippen molar-refractivity contribution in [2.75, 3.05) is 59.2 Å². The van der Waals surface area contributed by atoms with Crippen LogP contribution in [-0.4, -0.2) is 101 Å². The number of aliphatic hydroxyl groups is 3. The monoisotopic (exact) mass is 638 g/mol. The zero-order chi connectivity index (χ0) is 32.3. The third-order valence-corrected chi connectivity index (χ3v) is 8.50. The number of aromatic nitrogens is 2. The van der Waals surface area contributed by atoms with Crippen LogP contribution in [0.1, 0.15) is 28.4 Å². The van der Waals surface area contributed by atoms with Crippen molar-refractivity contribution in [1.82, 2.24) is 9.89 Å². The molecule has 4 aliphatic rings. The van der Waals surface area contributed by atoms with Crippen LogP contribution in [0.4, 0.5) is 36.0 Å². The van der Waals surface area contributed by atoms with Gasteiger partial charge in [0.1, 0.15) is 30.2 Å². The molecule has 2 aromatic carbocycles. The number of fused-ring (bicyclic) bond motifs is 1. The van der Waals surface area contributed by atoms with E-state index in [1.165, 1.54) is 25.6 Å². The van der Waals surface area contributed by atoms with E-state index in [1.807, 2.05) is 0 Å². The molecule has 4 atom stereocenters. The Balaban J connectivity index is 1.30. The van der Waals surface area contributed by atoms with E-state index in [9.17, 15) is 29.7 Å². The van der Waals surface area contributed by atoms with Gasteiger partial charge >= 0.3 is 18.3 Å². The number of halogens is 1. The number of ether oxygens (including phenoxy) is 3. The van der Waals surface area contributed by atoms with E-state index in [0.29, 0.717) is 22.8 Å². The number of cyclic esters (lactones) is 3. The summed E-state index contributed by atoms with van der Waals surface area (Å²) < 4.78 is 31.8. The molecule has 16 heteroatoms. The summed E-state index contributed by atoms with van der Waals surface area (Å²) in [5.41, 5.74) is 3.07. The summed E-state index contributed by atoms with van der Waals surface area (Å²) in [6, 6.07) is 10.6. The minimum atomic E-state index is -0.769. The van der Waals surface area contributed by atoms with Crippen LogP contribution in [-0.2, 0) is 20.8 Å². The van der Waals surface area contributed by atoms with E-state index in [0.717, 1.165) is 5.56 Å². The number of aryl methyl sites for hydroxylation is 1. The number of hydrogen-bond acceptors (Lipinski definition) is 11. The van der Waals surface area contributed by atoms with Gasteiger partial charge in [0.15, 0.2) is 5.82 Å². The Kier molecular flexibility index (Phi) is 7.41. The highest BCUT2D eigenvalue weighted by atomic mass is 19.1. The minimum Gasteiger partial charge on any atom is -0.441 e. The van der Waals surface area contributed by atoms with E-state index in [1.54, 1.807) is 48.3 Å². The number of nitrogens with zero attached hydrogens (tertiary/aromatic N) is 6. The first kappa shape index (κ1) is 29.8. The summed E-state index contributed by atoms with van der Waals surface area (Å²) in [7, 11) is 0. The Morgan fingerprint density at radius 2 is 1.28 bits per heavy atom. The van der Waals surface area contributed by atoms with Gasteiger partial charge in [-0.15, -0.1) is 0 Å². The van der Waals surface area contributed by atoms with Gasteiger partial charge in [-0.2, -0.15) is 9.89 Å². The van der Waals surface area contributed by atoms with Crippen molar-refractivity contribution in [2.45, 2.75) is 37.8 Å². The Morgan fingerprint density at radius 3 is 1.83 bits per heavy atom. The average molecular weight is 639 g/mol. The van der Waals surface area contributed by atoms with Crippen molar-refractivity contribution in [3.05, 3.63) is 70.7 Å². The van der Waals surface area contributed by atoms with Gasteiger partial charge in [-0.1, -0.05) is 12.1 Å². The molecule has 0 spiro atoms. The Bertz CT molecular complexity index is 1720. The molecule has 5 heterocycles. The molecule has 3 N–H and O–H groups in total. The third-order valence-electron chi connectivity index (χ3n) is 8.50. The molecule has 15 nitrogen and oxygen atoms in total. The SMILES string of the molecule is Cc1cc(N2CC(CO)OC2=O)n(N2Cc3cc(N4CC(CO)OC4=O)ccc3C2c2ccc(N3CC(CO)OC3=O)cc2F)n1. The first-order valence-corrected chi connectivity index (χ1v) is 14.7. The zero-order valence-electron chi connectivity index (χ0n) is 24.7. The highest BCUT2D eigenvalue weighted by Crippen LogP contribution is 2.42. The highest BCUT2D eigenvalue weighted by Gasteiger charge is 2.41. The van der Waals surface area contributed by atoms with Crippen LogP contribution in [0.25, 0.3) is 0 Å². The number of rotatable bonds is 8. The minimum absolute atomic E-state index is 0.0715. The normalized spacial score (nSPS) is 24.2. The van der Waals surface area contributed by atoms with E-state index in [2.05, 4.69) is 5.10 Å². The maximum Gasteiger partial charge on any atom is 0.416 e. The number of hydrogen-bond donors (Lipinski definition) is 3. The maximum atomic E-state index is 16.2. The molecule has 0 aliphatic carbocycles. The number of anilines is 3. The van der Waals surface area contributed by atoms with Crippen molar-refractivity contribution in [3.63, 3.8) is 0 Å². The average Bonchev–Trinajstić information content (AvgIpc) is 3.86. The number of benzene rings is 2. The Hall–Kier alpha value is -4.93. The summed E-state index contributed by atoms with van der Waals surface area (Å²) >= 11 is 0. The number of aliphatic hydroxyl groups excluding tert-OH is 3. The van der Waals surface area contributed by atoms with Crippen LogP contribution < -0.4 is 19.7 Å². The van der Waals surface area contributed by atoms with Crippen LogP contribution in [0.3, 0.4) is 0 Å². The first-order valence-electron chi connectivity index (χ1n) is 14.7. The van der Waals surface area contributed by atoms with Gasteiger partial charge in [-0.05, 0) is 42.3 Å². The summed E-state index contributed by atoms with van der Waals surface area (Å²) in [5.74, 6) is -0.262. The fourth-order valence-corrected chi connectivity index (χ4v) is 6.31. The van der Waals surface area contributed by atoms with Crippen LogP contribution in [0, 0.1) is 12.7 Å². The van der Waals surface area contributed by atoms with E-state index < -0.39 is 48.5 Å². The second-order valence-corrected chi connectivity index (χ2v) is 11.5. The van der Waals surface area contributed by atoms with Crippen molar-refractivity contribution in [2.24, 2.45) is 0 Å². The van der Waals surface area contributed by atoms with Crippen LogP contribution in [0.15, 0.2) is 42.5 Å². The summed E-state index contributed by atoms with van der Waals surface area (Å²) in [5, 5.41) is 35.0. The van der Waals surface area contributed by atoms with Gasteiger partial charge in [0, 0.05) is 17.3 Å². The highest BCUT2D eigenvalue weighted by molar-refractivity contribution is 5.91. The zero-order valence-corrected chi connectivity index (χ0v) is 24.7. The maximum absolute atomic E-state index is 16.2. The molecule has 46 heavy (non-hydrogen) atoms. The van der Waals surface area contributed by atoms with E-state index in [-0.39, 0.29) is 57.3 Å². The van der Waals surface area contributed by atoms with Gasteiger partial charge in [-0.3, -0.25) is 19.7 Å². The molecule has 0 bridgehead atoms. The topological polar surface area (TPSA) is 170 Å². The predicted molar refractivity (Wildman–Crippen MR) is 158 cm³/mol. The number of amides is 3. The van der Waals surface area contributed by atoms with Crippen LogP contribution in [0.2, 0.25) is 0 Å². The van der Waals surface area contributed by atoms with Gasteiger partial charge in [0.25, 0.3) is 0 Å². The quantitative estimate of drug-likeness (QED) is 0.306. The summed E-state index contributed by atoms with van der Waals surface area (Å²) in [6.45, 7) is 1.24. The van der Waals surface area contributed by atoms with Crippen molar-refractivity contribution >= 4 is 35.5 Å². The van der Waals surface area contributed by atoms with Gasteiger partial charge in [0.05, 0.1) is 57.4 Å². The largest absolute Gasteiger partial charge is 0.441 e. The Labute approximate surface area is 261 Å². The van der Waals surface area contributed by atoms with Crippen LogP contribution >= 0.6 is 0 Å². The molecule has 7 rings (SSSR count). The molecule has 3 saturated heterocycles. The standard InChI is InChI=1S/C30H31FN6O9/c1-16-6-26(35-12-22(15-40)46-30(35)43)37(32-16)36-9-17-7-18(33-10-20(13-38)44-28(33)41)2-4-23(17)27(36)24-5-3-19(8-25(24)31)34-11-21(14-39)45-29(34)42/h2-8,20-22,27,38-40H,9-15H2,1H3. The van der Waals surface area contributed by atoms with Gasteiger partial charge in [0.2, 0.25) is 0 Å². The van der Waals surface area contributed by atoms with Gasteiger partial charge < -0.3 is 29.5 Å². The molecule has 0 radical (unpaired) electrons. The molecule has 3 fully saturated rings. The summed E-state index contributed by atoms with van der Waals surface area (Å²) in [6.07, 6.45) is -4.03. The molecule has 1 aromatic heterocycles. The number of carbonyl (C=O) groups excluding carboxylic acids is 3. The molecule has 242 valence electrons. The first-order chi connectivity index (χ1) is 22.2. The fourth-order valence-electron chi connectivity index (χ4n) is 6.31. The van der Waals surface area contributed by atoms with Crippen molar-refractivity contribution in [1.29, 1.82) is 0 Å². The second kappa shape index (κ2) is 11.5. The number of carbonyl (C=O) groups is 3. The lowest BCUT2D eigenvalue weighted by Gasteiger charge is -2.30. The molecule has 4 aliphatic heterocycles. The van der Waals surface area contributed by atoms with Crippen LogP contribution in [0.5, 0.6) is 0 Å². The lowest BCUT2D eigenvalue weighted by molar-refractivity contribution is 0.0960. The Morgan fingerprint density at radius 1 is 0.761 bits per heavy atom. The predicted octanol–water partition coefficient (Wildman–Crippen LogP) is 1.52. The summed E-state index contributed by atoms with van der Waals surface area (Å²) in [4.78, 5) is 43.3. The van der Waals surface area contributed by atoms with E-state index >= 15 is 4.39 Å². The molecule has 3 amide bonds. The molecule has 4 unspecified atom stereocenters. The molecular formula is C30H31FN6O9. The van der Waals surface area contributed by atoms with Crippen molar-refractivity contribution < 1.29 is 48.3 Å².